The highest BCUT2D eigenvalue weighted by Gasteiger charge is 2.32. The minimum atomic E-state index is -4.78. The molecule has 0 heterocycles. The molecule has 29 heavy (non-hydrogen) atoms. The molecule has 2 aromatic rings. The van der Waals surface area contributed by atoms with Crippen molar-refractivity contribution in [3.8, 4) is 5.75 Å². The fourth-order valence-corrected chi connectivity index (χ4v) is 2.84. The Kier molecular flexibility index (Phi) is 7.22. The Bertz CT molecular complexity index is 824. The summed E-state index contributed by atoms with van der Waals surface area (Å²) in [5.41, 5.74) is 1.11. The summed E-state index contributed by atoms with van der Waals surface area (Å²) in [6.45, 7) is -0.0139. The topological polar surface area (TPSA) is 63.1 Å². The second-order valence-electron chi connectivity index (χ2n) is 6.72. The monoisotopic (exact) mass is 410 g/mol. The van der Waals surface area contributed by atoms with Gasteiger partial charge in [-0.1, -0.05) is 30.3 Å². The molecule has 2 amide bonds. The SMILES string of the molecule is CN(C)C(=O)[C@@H](c1ccccc1)[NH+](C)CC(=O)Nc1ccc(OC(F)(F)F)cc1. The Hall–Kier alpha value is -3.07. The summed E-state index contributed by atoms with van der Waals surface area (Å²) < 4.78 is 40.4. The lowest BCUT2D eigenvalue weighted by atomic mass is 10.0. The standard InChI is InChI=1S/C20H22F3N3O3/c1-25(2)19(28)18(14-7-5-4-6-8-14)26(3)13-17(27)24-15-9-11-16(12-10-15)29-20(21,22)23/h4-12,18H,13H2,1-3H3,(H,24,27)/p+1/t18-/m1/s1. The van der Waals surface area contributed by atoms with Crippen molar-refractivity contribution in [1.29, 1.82) is 0 Å². The van der Waals surface area contributed by atoms with Gasteiger partial charge in [-0.2, -0.15) is 0 Å². The highest BCUT2D eigenvalue weighted by atomic mass is 19.4. The highest BCUT2D eigenvalue weighted by Crippen LogP contribution is 2.23. The molecule has 9 heteroatoms. The van der Waals surface area contributed by atoms with Gasteiger partial charge >= 0.3 is 6.36 Å². The molecule has 0 aliphatic heterocycles. The fraction of sp³-hybridized carbons (Fsp3) is 0.300. The smallest absolute Gasteiger partial charge is 0.406 e. The third-order valence-corrected chi connectivity index (χ3v) is 4.12. The Morgan fingerprint density at radius 1 is 1.07 bits per heavy atom. The van der Waals surface area contributed by atoms with Crippen LogP contribution in [0.1, 0.15) is 11.6 Å². The van der Waals surface area contributed by atoms with Gasteiger partial charge in [0, 0.05) is 25.3 Å². The fourth-order valence-electron chi connectivity index (χ4n) is 2.84. The summed E-state index contributed by atoms with van der Waals surface area (Å²) in [5.74, 6) is -0.895. The maximum atomic E-state index is 12.6. The van der Waals surface area contributed by atoms with Crippen LogP contribution < -0.4 is 15.0 Å². The van der Waals surface area contributed by atoms with Gasteiger partial charge in [0.25, 0.3) is 11.8 Å². The molecule has 6 nitrogen and oxygen atoms in total. The van der Waals surface area contributed by atoms with E-state index in [1.165, 1.54) is 17.0 Å². The number of hydrogen-bond donors (Lipinski definition) is 2. The minimum Gasteiger partial charge on any atom is -0.406 e. The molecule has 2 atom stereocenters. The van der Waals surface area contributed by atoms with Crippen LogP contribution in [-0.4, -0.2) is 50.8 Å². The van der Waals surface area contributed by atoms with Gasteiger partial charge in [0.1, 0.15) is 5.75 Å². The molecule has 2 aromatic carbocycles. The number of quaternary nitrogens is 1. The van der Waals surface area contributed by atoms with Crippen molar-refractivity contribution < 1.29 is 32.4 Å². The number of rotatable bonds is 7. The van der Waals surface area contributed by atoms with Crippen LogP contribution in [0.15, 0.2) is 54.6 Å². The van der Waals surface area contributed by atoms with Gasteiger partial charge in [0.2, 0.25) is 0 Å². The molecule has 0 bridgehead atoms. The Labute approximate surface area is 166 Å². The molecule has 0 aliphatic carbocycles. The number of benzene rings is 2. The quantitative estimate of drug-likeness (QED) is 0.733. The molecule has 0 aromatic heterocycles. The Balaban J connectivity index is 2.05. The van der Waals surface area contributed by atoms with Crippen molar-refractivity contribution in [2.75, 3.05) is 33.0 Å². The summed E-state index contributed by atoms with van der Waals surface area (Å²) in [6.07, 6.45) is -4.78. The average molecular weight is 410 g/mol. The first kappa shape index (κ1) is 22.2. The van der Waals surface area contributed by atoms with Crippen LogP contribution in [0.4, 0.5) is 18.9 Å². The second kappa shape index (κ2) is 9.42. The summed E-state index contributed by atoms with van der Waals surface area (Å²) in [7, 11) is 5.03. The summed E-state index contributed by atoms with van der Waals surface area (Å²) in [4.78, 5) is 27.2. The Morgan fingerprint density at radius 2 is 1.66 bits per heavy atom. The van der Waals surface area contributed by atoms with Crippen LogP contribution >= 0.6 is 0 Å². The summed E-state index contributed by atoms with van der Waals surface area (Å²) in [6, 6.07) is 13.4. The van der Waals surface area contributed by atoms with Gasteiger partial charge in [-0.25, -0.2) is 0 Å². The van der Waals surface area contributed by atoms with E-state index in [9.17, 15) is 22.8 Å². The molecule has 156 valence electrons. The predicted molar refractivity (Wildman–Crippen MR) is 101 cm³/mol. The van der Waals surface area contributed by atoms with Crippen LogP contribution in [0.3, 0.4) is 0 Å². The van der Waals surface area contributed by atoms with Gasteiger partial charge in [-0.15, -0.1) is 13.2 Å². The van der Waals surface area contributed by atoms with Crippen molar-refractivity contribution in [1.82, 2.24) is 4.90 Å². The first-order valence-electron chi connectivity index (χ1n) is 8.81. The number of nitrogens with one attached hydrogen (secondary N) is 2. The molecule has 0 radical (unpaired) electrons. The first-order chi connectivity index (χ1) is 13.6. The van der Waals surface area contributed by atoms with E-state index in [1.807, 2.05) is 30.3 Å². The maximum Gasteiger partial charge on any atom is 0.573 e. The molecule has 0 aliphatic rings. The third-order valence-electron chi connectivity index (χ3n) is 4.12. The zero-order valence-electron chi connectivity index (χ0n) is 16.3. The van der Waals surface area contributed by atoms with Crippen molar-refractivity contribution >= 4 is 17.5 Å². The van der Waals surface area contributed by atoms with Gasteiger partial charge in [0.05, 0.1) is 7.05 Å². The van der Waals surface area contributed by atoms with E-state index >= 15 is 0 Å². The zero-order chi connectivity index (χ0) is 21.6. The van der Waals surface area contributed by atoms with Crippen molar-refractivity contribution in [3.05, 3.63) is 60.2 Å². The van der Waals surface area contributed by atoms with E-state index in [-0.39, 0.29) is 24.1 Å². The van der Waals surface area contributed by atoms with Gasteiger partial charge in [0.15, 0.2) is 12.6 Å². The van der Waals surface area contributed by atoms with Crippen LogP contribution in [0.5, 0.6) is 5.75 Å². The van der Waals surface area contributed by atoms with Crippen LogP contribution in [0.25, 0.3) is 0 Å². The number of ether oxygens (including phenoxy) is 1. The number of carbonyl (C=O) groups excluding carboxylic acids is 2. The highest BCUT2D eigenvalue weighted by molar-refractivity contribution is 5.91. The van der Waals surface area contributed by atoms with Gasteiger partial charge < -0.3 is 19.9 Å². The maximum absolute atomic E-state index is 12.6. The van der Waals surface area contributed by atoms with Gasteiger partial charge in [-0.05, 0) is 24.3 Å². The minimum absolute atomic E-state index is 0.0139. The lowest BCUT2D eigenvalue weighted by molar-refractivity contribution is -0.894. The Morgan fingerprint density at radius 3 is 2.17 bits per heavy atom. The van der Waals surface area contributed by atoms with E-state index in [0.29, 0.717) is 10.6 Å². The molecule has 0 spiro atoms. The third kappa shape index (κ3) is 6.79. The molecular formula is C20H23F3N3O3+. The zero-order valence-corrected chi connectivity index (χ0v) is 16.3. The number of anilines is 1. The van der Waals surface area contributed by atoms with Crippen molar-refractivity contribution in [2.24, 2.45) is 0 Å². The number of carbonyl (C=O) groups is 2. The van der Waals surface area contributed by atoms with Crippen LogP contribution in [0, 0.1) is 0 Å². The first-order valence-corrected chi connectivity index (χ1v) is 8.81. The predicted octanol–water partition coefficient (Wildman–Crippen LogP) is 1.87. The lowest BCUT2D eigenvalue weighted by Gasteiger charge is -2.26. The number of halogens is 3. The van der Waals surface area contributed by atoms with E-state index < -0.39 is 12.4 Å². The number of likely N-dealkylation sites (N-methyl/N-ethyl adjacent to an activating group) is 2. The molecule has 2 N–H and O–H groups in total. The van der Waals surface area contributed by atoms with E-state index in [0.717, 1.165) is 17.7 Å². The van der Waals surface area contributed by atoms with Gasteiger partial charge in [-0.3, -0.25) is 9.59 Å². The lowest BCUT2D eigenvalue weighted by Crippen LogP contribution is -3.11. The normalized spacial score (nSPS) is 13.3. The molecule has 0 saturated heterocycles. The molecule has 0 saturated carbocycles. The average Bonchev–Trinajstić information content (AvgIpc) is 2.63. The summed E-state index contributed by atoms with van der Waals surface area (Å²) in [5, 5.41) is 2.62. The number of alkyl halides is 3. The largest absolute Gasteiger partial charge is 0.573 e. The molecular weight excluding hydrogens is 387 g/mol. The van der Waals surface area contributed by atoms with E-state index in [1.54, 1.807) is 21.1 Å². The second-order valence-corrected chi connectivity index (χ2v) is 6.72. The molecule has 2 rings (SSSR count). The van der Waals surface area contributed by atoms with E-state index in [2.05, 4.69) is 10.1 Å². The summed E-state index contributed by atoms with van der Waals surface area (Å²) >= 11 is 0. The van der Waals surface area contributed by atoms with Crippen molar-refractivity contribution in [3.63, 3.8) is 0 Å². The van der Waals surface area contributed by atoms with Crippen molar-refractivity contribution in [2.45, 2.75) is 12.4 Å². The number of nitrogens with zero attached hydrogens (tertiary/aromatic N) is 1. The van der Waals surface area contributed by atoms with Crippen LogP contribution in [0.2, 0.25) is 0 Å². The van der Waals surface area contributed by atoms with E-state index in [4.69, 9.17) is 0 Å². The number of hydrogen-bond acceptors (Lipinski definition) is 3. The van der Waals surface area contributed by atoms with Crippen LogP contribution in [-0.2, 0) is 9.59 Å². The molecule has 1 unspecified atom stereocenters. The number of amides is 2. The molecule has 0 fully saturated rings.